The molecule has 0 amide bonds. The SMILES string of the molecule is CCCCCCCCC(CC)C(=O)O.O=C(O)C=Cc1c(F)cccc1Cl. The standard InChI is InChI=1S/C12H24O2.C9H6ClFO2/c1-3-5-6-7-8-9-10-11(4-2)12(13)14;10-7-2-1-3-8(11)6(7)4-5-9(12)13/h11H,3-10H2,1-2H3,(H,13,14);1-5H,(H,12,13). The molecule has 1 aromatic rings. The zero-order chi connectivity index (χ0) is 20.7. The van der Waals surface area contributed by atoms with Gasteiger partial charge in [0.05, 0.1) is 10.9 Å². The van der Waals surface area contributed by atoms with E-state index in [0.29, 0.717) is 0 Å². The molecule has 0 fully saturated rings. The van der Waals surface area contributed by atoms with Crippen molar-refractivity contribution in [2.24, 2.45) is 5.92 Å². The first-order valence-corrected chi connectivity index (χ1v) is 9.79. The molecule has 1 aromatic carbocycles. The minimum Gasteiger partial charge on any atom is -0.481 e. The molecule has 0 aromatic heterocycles. The highest BCUT2D eigenvalue weighted by atomic mass is 35.5. The molecule has 0 aliphatic heterocycles. The minimum absolute atomic E-state index is 0.0894. The molecule has 2 N–H and O–H groups in total. The van der Waals surface area contributed by atoms with E-state index in [1.54, 1.807) is 0 Å². The fourth-order valence-corrected chi connectivity index (χ4v) is 2.72. The largest absolute Gasteiger partial charge is 0.481 e. The zero-order valence-electron chi connectivity index (χ0n) is 16.1. The highest BCUT2D eigenvalue weighted by Gasteiger charge is 2.13. The molecule has 6 heteroatoms. The Bertz CT molecular complexity index is 582. The van der Waals surface area contributed by atoms with E-state index in [4.69, 9.17) is 21.8 Å². The molecule has 1 rings (SSSR count). The molecular formula is C21H30ClFO4. The number of benzene rings is 1. The second-order valence-electron chi connectivity index (χ2n) is 6.31. The molecule has 4 nitrogen and oxygen atoms in total. The molecule has 0 spiro atoms. The molecule has 1 unspecified atom stereocenters. The second-order valence-corrected chi connectivity index (χ2v) is 6.71. The first-order chi connectivity index (χ1) is 12.8. The lowest BCUT2D eigenvalue weighted by Crippen LogP contribution is -2.12. The van der Waals surface area contributed by atoms with Crippen LogP contribution in [0.15, 0.2) is 24.3 Å². The van der Waals surface area contributed by atoms with Crippen LogP contribution in [0.1, 0.15) is 70.8 Å². The predicted octanol–water partition coefficient (Wildman–Crippen LogP) is 6.42. The van der Waals surface area contributed by atoms with Crippen molar-refractivity contribution >= 4 is 29.6 Å². The first-order valence-electron chi connectivity index (χ1n) is 9.41. The molecule has 0 aliphatic carbocycles. The van der Waals surface area contributed by atoms with Gasteiger partial charge in [-0.3, -0.25) is 4.79 Å². The van der Waals surface area contributed by atoms with Crippen molar-refractivity contribution in [3.63, 3.8) is 0 Å². The van der Waals surface area contributed by atoms with Crippen LogP contribution in [-0.2, 0) is 9.59 Å². The van der Waals surface area contributed by atoms with Crippen LogP contribution in [0.5, 0.6) is 0 Å². The van der Waals surface area contributed by atoms with Gasteiger partial charge in [0.25, 0.3) is 0 Å². The minimum atomic E-state index is -1.14. The van der Waals surface area contributed by atoms with E-state index in [-0.39, 0.29) is 16.5 Å². The third-order valence-corrected chi connectivity index (χ3v) is 4.47. The zero-order valence-corrected chi connectivity index (χ0v) is 16.8. The Kier molecular flexibility index (Phi) is 14.1. The Morgan fingerprint density at radius 3 is 2.26 bits per heavy atom. The molecule has 0 saturated heterocycles. The van der Waals surface area contributed by atoms with E-state index in [9.17, 15) is 14.0 Å². The van der Waals surface area contributed by atoms with Gasteiger partial charge in [0.1, 0.15) is 5.82 Å². The molecule has 152 valence electrons. The Morgan fingerprint density at radius 1 is 1.11 bits per heavy atom. The molecule has 0 saturated carbocycles. The Labute approximate surface area is 166 Å². The van der Waals surface area contributed by atoms with Gasteiger partial charge >= 0.3 is 11.9 Å². The number of halogens is 2. The molecular weight excluding hydrogens is 371 g/mol. The van der Waals surface area contributed by atoms with E-state index in [0.717, 1.165) is 31.4 Å². The summed E-state index contributed by atoms with van der Waals surface area (Å²) >= 11 is 5.63. The fraction of sp³-hybridized carbons (Fsp3) is 0.524. The van der Waals surface area contributed by atoms with Gasteiger partial charge < -0.3 is 10.2 Å². The maximum atomic E-state index is 13.0. The highest BCUT2D eigenvalue weighted by Crippen LogP contribution is 2.20. The first kappa shape index (κ1) is 25.1. The predicted molar refractivity (Wildman–Crippen MR) is 107 cm³/mol. The summed E-state index contributed by atoms with van der Waals surface area (Å²) < 4.78 is 13.0. The number of hydrogen-bond acceptors (Lipinski definition) is 2. The van der Waals surface area contributed by atoms with Crippen LogP contribution < -0.4 is 0 Å². The van der Waals surface area contributed by atoms with E-state index in [2.05, 4.69) is 6.92 Å². The quantitative estimate of drug-likeness (QED) is 0.331. The number of hydrogen-bond donors (Lipinski definition) is 2. The lowest BCUT2D eigenvalue weighted by molar-refractivity contribution is -0.142. The summed E-state index contributed by atoms with van der Waals surface area (Å²) in [5, 5.41) is 17.3. The summed E-state index contributed by atoms with van der Waals surface area (Å²) in [6.07, 6.45) is 11.0. The van der Waals surface area contributed by atoms with Crippen molar-refractivity contribution in [2.75, 3.05) is 0 Å². The molecule has 0 bridgehead atoms. The maximum Gasteiger partial charge on any atom is 0.328 e. The fourth-order valence-electron chi connectivity index (χ4n) is 2.50. The third-order valence-electron chi connectivity index (χ3n) is 4.14. The third kappa shape index (κ3) is 12.2. The average Bonchev–Trinajstić information content (AvgIpc) is 2.61. The summed E-state index contributed by atoms with van der Waals surface area (Å²) in [5.41, 5.74) is 0.0894. The molecule has 27 heavy (non-hydrogen) atoms. The maximum absolute atomic E-state index is 13.0. The summed E-state index contributed by atoms with van der Waals surface area (Å²) in [7, 11) is 0. The van der Waals surface area contributed by atoms with Gasteiger partial charge in [0.2, 0.25) is 0 Å². The smallest absolute Gasteiger partial charge is 0.328 e. The van der Waals surface area contributed by atoms with Crippen LogP contribution in [0.3, 0.4) is 0 Å². The molecule has 0 radical (unpaired) electrons. The lowest BCUT2D eigenvalue weighted by Gasteiger charge is -2.08. The summed E-state index contributed by atoms with van der Waals surface area (Å²) in [5.74, 6) is -2.41. The van der Waals surface area contributed by atoms with Gasteiger partial charge in [0.15, 0.2) is 0 Å². The van der Waals surface area contributed by atoms with Crippen LogP contribution in [0, 0.1) is 11.7 Å². The number of carboxylic acid groups (broad SMARTS) is 2. The molecule has 1 atom stereocenters. The van der Waals surface area contributed by atoms with Crippen molar-refractivity contribution in [3.05, 3.63) is 40.7 Å². The van der Waals surface area contributed by atoms with Gasteiger partial charge in [-0.1, -0.05) is 70.0 Å². The van der Waals surface area contributed by atoms with Gasteiger partial charge in [0, 0.05) is 11.6 Å². The Morgan fingerprint density at radius 2 is 1.74 bits per heavy atom. The van der Waals surface area contributed by atoms with Crippen molar-refractivity contribution in [2.45, 2.75) is 65.2 Å². The highest BCUT2D eigenvalue weighted by molar-refractivity contribution is 6.32. The topological polar surface area (TPSA) is 74.6 Å². The number of unbranched alkanes of at least 4 members (excludes halogenated alkanes) is 5. The molecule has 0 heterocycles. The van der Waals surface area contributed by atoms with Crippen LogP contribution in [0.2, 0.25) is 5.02 Å². The van der Waals surface area contributed by atoms with Crippen molar-refractivity contribution in [3.8, 4) is 0 Å². The summed E-state index contributed by atoms with van der Waals surface area (Å²) in [4.78, 5) is 20.8. The van der Waals surface area contributed by atoms with Gasteiger partial charge in [-0.05, 0) is 31.1 Å². The lowest BCUT2D eigenvalue weighted by atomic mass is 9.98. The van der Waals surface area contributed by atoms with Gasteiger partial charge in [-0.15, -0.1) is 0 Å². The Balaban J connectivity index is 0.000000501. The van der Waals surface area contributed by atoms with E-state index in [1.165, 1.54) is 50.3 Å². The number of carboxylic acids is 2. The van der Waals surface area contributed by atoms with Gasteiger partial charge in [-0.2, -0.15) is 0 Å². The van der Waals surface area contributed by atoms with Crippen LogP contribution >= 0.6 is 11.6 Å². The van der Waals surface area contributed by atoms with E-state index < -0.39 is 17.8 Å². The number of carbonyl (C=O) groups is 2. The Hall–Kier alpha value is -1.88. The van der Waals surface area contributed by atoms with Crippen LogP contribution in [0.4, 0.5) is 4.39 Å². The normalized spacial score (nSPS) is 11.7. The summed E-state index contributed by atoms with van der Waals surface area (Å²) in [6, 6.07) is 4.16. The number of aliphatic carboxylic acids is 2. The van der Waals surface area contributed by atoms with Crippen molar-refractivity contribution < 1.29 is 24.2 Å². The monoisotopic (exact) mass is 400 g/mol. The summed E-state index contributed by atoms with van der Waals surface area (Å²) in [6.45, 7) is 4.16. The molecule has 0 aliphatic rings. The number of rotatable bonds is 11. The average molecular weight is 401 g/mol. The van der Waals surface area contributed by atoms with Gasteiger partial charge in [-0.25, -0.2) is 9.18 Å². The second kappa shape index (κ2) is 15.2. The van der Waals surface area contributed by atoms with Crippen LogP contribution in [-0.4, -0.2) is 22.2 Å². The van der Waals surface area contributed by atoms with Crippen molar-refractivity contribution in [1.29, 1.82) is 0 Å². The van der Waals surface area contributed by atoms with E-state index in [1.807, 2.05) is 6.92 Å². The van der Waals surface area contributed by atoms with Crippen LogP contribution in [0.25, 0.3) is 6.08 Å². The van der Waals surface area contributed by atoms with Crippen molar-refractivity contribution in [1.82, 2.24) is 0 Å². The van der Waals surface area contributed by atoms with E-state index >= 15 is 0 Å².